The standard InChI is InChI=1S/C43H32F6N6O4.2C21H16F3N3O2.C3H2Cl2O2.CH4/c1-24-36(26(3)56)38(30-15-11-28(21-50)12-16-30)52(40(58)54(24)34-9-5-7-32(19-34)42(44,45)46)23-53-39(31-17-13-29(22-51)14-18-31)37(27(4)57)25(2)55(41(53)59)35-10-6-8-33(20-35)43(47,48)49;2*1-12-18(13(2)28)19(15-8-6-14(11-25)7-9-15)26-20(29)27(12)17-5-3-4-16(10-17)21(22,23)24;4-2(6)1-3(5)7;/h5-20,38-39H,23H2,1-4H3;2*3-10,19H,1-2H3,(H,26,29);1H2;1H4. The normalized spacial score (nSPS) is 16.7. The number of allylic oxidation sites excluding steroid dienone is 4. The van der Waals surface area contributed by atoms with Crippen LogP contribution in [0.1, 0.15) is 160 Å². The second-order valence-electron chi connectivity index (χ2n) is 27.8. The van der Waals surface area contributed by atoms with E-state index in [1.54, 1.807) is 48.5 Å². The van der Waals surface area contributed by atoms with Gasteiger partial charge in [0.15, 0.2) is 23.1 Å². The van der Waals surface area contributed by atoms with Crippen LogP contribution in [0.3, 0.4) is 0 Å². The van der Waals surface area contributed by atoms with E-state index in [1.165, 1.54) is 140 Å². The van der Waals surface area contributed by atoms with E-state index < -0.39 is 124 Å². The summed E-state index contributed by atoms with van der Waals surface area (Å²) in [6.07, 6.45) is -19.2. The largest absolute Gasteiger partial charge is 0.416 e. The molecule has 8 aromatic rings. The Balaban J connectivity index is 0.000000244. The summed E-state index contributed by atoms with van der Waals surface area (Å²) >= 11 is 9.46. The number of alkyl halides is 12. The third kappa shape index (κ3) is 21.7. The minimum atomic E-state index is -4.82. The Hall–Kier alpha value is -14.5. The number of rotatable bonds is 16. The van der Waals surface area contributed by atoms with Gasteiger partial charge in [0.25, 0.3) is 0 Å². The summed E-state index contributed by atoms with van der Waals surface area (Å²) in [4.78, 5) is 133. The van der Waals surface area contributed by atoms with Crippen molar-refractivity contribution in [3.63, 3.8) is 0 Å². The molecule has 0 spiro atoms. The first kappa shape index (κ1) is 96.0. The predicted octanol–water partition coefficient (Wildman–Crippen LogP) is 20.8. The van der Waals surface area contributed by atoms with Gasteiger partial charge in [0.05, 0.1) is 122 Å². The Kier molecular flexibility index (Phi) is 30.1. The summed E-state index contributed by atoms with van der Waals surface area (Å²) in [7, 11) is 0. The molecule has 0 radical (unpaired) electrons. The summed E-state index contributed by atoms with van der Waals surface area (Å²) in [5.74, 6) is -1.86. The number of amides is 8. The highest BCUT2D eigenvalue weighted by molar-refractivity contribution is 6.72. The minimum Gasteiger partial charge on any atom is -0.326 e. The second-order valence-corrected chi connectivity index (χ2v) is 28.6. The van der Waals surface area contributed by atoms with Crippen molar-refractivity contribution in [1.82, 2.24) is 20.4 Å². The topological polar surface area (TPSA) is 309 Å². The fraction of sp³-hybridized carbons (Fsp3) is 0.213. The number of urea groups is 4. The highest BCUT2D eigenvalue weighted by Gasteiger charge is 2.49. The molecule has 125 heavy (non-hydrogen) atoms. The number of carbonyl (C=O) groups is 10. The van der Waals surface area contributed by atoms with Gasteiger partial charge in [-0.25, -0.2) is 19.2 Å². The molecule has 644 valence electrons. The lowest BCUT2D eigenvalue weighted by atomic mass is 9.89. The zero-order chi connectivity index (χ0) is 91.7. The number of nitrogens with one attached hydrogen (secondary N) is 2. The summed E-state index contributed by atoms with van der Waals surface area (Å²) in [6, 6.07) is 41.1. The molecule has 0 fully saturated rings. The zero-order valence-electron chi connectivity index (χ0n) is 66.0. The average Bonchev–Trinajstić information content (AvgIpc) is 0.729. The van der Waals surface area contributed by atoms with Crippen LogP contribution in [0.4, 0.5) is 94.6 Å². The van der Waals surface area contributed by atoms with Gasteiger partial charge < -0.3 is 10.6 Å². The van der Waals surface area contributed by atoms with Crippen molar-refractivity contribution >= 4 is 104 Å². The third-order valence-electron chi connectivity index (χ3n) is 19.7. The number of nitriles is 4. The van der Waals surface area contributed by atoms with Crippen molar-refractivity contribution in [2.75, 3.05) is 26.3 Å². The lowest BCUT2D eigenvalue weighted by molar-refractivity contribution is -0.138. The molecule has 4 atom stereocenters. The first-order chi connectivity index (χ1) is 58.2. The Bertz CT molecular complexity index is 5580. The average molecular weight is 1770 g/mol. The van der Waals surface area contributed by atoms with Crippen LogP contribution >= 0.6 is 23.2 Å². The van der Waals surface area contributed by atoms with E-state index in [9.17, 15) is 102 Å². The van der Waals surface area contributed by atoms with Crippen LogP contribution < -0.4 is 30.2 Å². The molecule has 4 aliphatic rings. The molecule has 8 amide bonds. The van der Waals surface area contributed by atoms with Gasteiger partial charge in [0.2, 0.25) is 10.5 Å². The van der Waals surface area contributed by atoms with E-state index in [4.69, 9.17) is 33.7 Å². The lowest BCUT2D eigenvalue weighted by Crippen LogP contribution is -2.59. The lowest BCUT2D eigenvalue weighted by Gasteiger charge is -2.48. The quantitative estimate of drug-likeness (QED) is 0.0516. The summed E-state index contributed by atoms with van der Waals surface area (Å²) < 4.78 is 162. The van der Waals surface area contributed by atoms with E-state index in [0.717, 1.165) is 90.1 Å². The number of ketones is 4. The van der Waals surface area contributed by atoms with E-state index in [-0.39, 0.29) is 115 Å². The molecule has 0 bridgehead atoms. The van der Waals surface area contributed by atoms with Gasteiger partial charge in [0, 0.05) is 45.1 Å². The monoisotopic (exact) mass is 1760 g/mol. The Morgan fingerprint density at radius 3 is 0.784 bits per heavy atom. The van der Waals surface area contributed by atoms with Gasteiger partial charge in [-0.15, -0.1) is 0 Å². The maximum absolute atomic E-state index is 15.0. The highest BCUT2D eigenvalue weighted by Crippen LogP contribution is 2.47. The first-order valence-corrected chi connectivity index (χ1v) is 37.3. The van der Waals surface area contributed by atoms with Crippen molar-refractivity contribution < 1.29 is 101 Å². The molecule has 0 saturated carbocycles. The van der Waals surface area contributed by atoms with Crippen molar-refractivity contribution in [3.05, 3.63) is 306 Å². The van der Waals surface area contributed by atoms with E-state index in [2.05, 4.69) is 10.6 Å². The number of hydrogen-bond acceptors (Lipinski definition) is 14. The Morgan fingerprint density at radius 1 is 0.352 bits per heavy atom. The smallest absolute Gasteiger partial charge is 0.326 e. The van der Waals surface area contributed by atoms with Crippen LogP contribution in [0.2, 0.25) is 0 Å². The molecule has 36 heteroatoms. The van der Waals surface area contributed by atoms with Crippen molar-refractivity contribution in [2.45, 2.75) is 118 Å². The second kappa shape index (κ2) is 39.1. The fourth-order valence-corrected chi connectivity index (χ4v) is 14.6. The fourth-order valence-electron chi connectivity index (χ4n) is 14.3. The predicted molar refractivity (Wildman–Crippen MR) is 434 cm³/mol. The summed E-state index contributed by atoms with van der Waals surface area (Å²) in [6.45, 7) is 10.0. The molecular formula is C89H70Cl2F12N12O10. The molecule has 0 aliphatic carbocycles. The number of halogens is 14. The summed E-state index contributed by atoms with van der Waals surface area (Å²) in [5, 5.41) is 40.8. The maximum Gasteiger partial charge on any atom is 0.416 e. The molecule has 12 rings (SSSR count). The van der Waals surface area contributed by atoms with Crippen molar-refractivity contribution in [3.8, 4) is 24.3 Å². The zero-order valence-corrected chi connectivity index (χ0v) is 67.6. The Labute approximate surface area is 716 Å². The molecule has 0 saturated heterocycles. The first-order valence-electron chi connectivity index (χ1n) is 36.5. The van der Waals surface area contributed by atoms with Gasteiger partial charge in [-0.3, -0.25) is 58.2 Å². The van der Waals surface area contributed by atoms with Crippen LogP contribution in [-0.2, 0) is 53.5 Å². The number of carbonyl (C=O) groups excluding carboxylic acids is 10. The maximum atomic E-state index is 15.0. The van der Waals surface area contributed by atoms with E-state index in [0.29, 0.717) is 22.3 Å². The van der Waals surface area contributed by atoms with Gasteiger partial charge >= 0.3 is 48.8 Å². The van der Waals surface area contributed by atoms with Gasteiger partial charge in [0.1, 0.15) is 6.67 Å². The molecule has 22 nitrogen and oxygen atoms in total. The van der Waals surface area contributed by atoms with Gasteiger partial charge in [-0.2, -0.15) is 73.7 Å². The van der Waals surface area contributed by atoms with Crippen molar-refractivity contribution in [1.29, 1.82) is 21.0 Å². The molecule has 4 heterocycles. The number of benzene rings is 8. The van der Waals surface area contributed by atoms with Gasteiger partial charge in [-0.05, 0) is 222 Å². The Morgan fingerprint density at radius 2 is 0.576 bits per heavy atom. The SMILES string of the molecule is C.CC(=O)C1=C(C)N(c2cccc(C(F)(F)F)c2)C(=O)N(CN2C(=O)N(c3cccc(C(F)(F)F)c3)C(C)=C(C(C)=O)C2c2ccc(C#N)cc2)C1c1ccc(C#N)cc1.CC(=O)C1=C(C)N(c2cccc(C(F)(F)F)c2)C(=O)NC1c1ccc(C#N)cc1.CC(=O)C1=C(C)N(c2cccc(C(F)(F)F)c2)C(=O)NC1c1ccc(C#N)cc1.O=C(Cl)CC(=O)Cl. The number of anilines is 4. The van der Waals surface area contributed by atoms with E-state index in [1.807, 2.05) is 24.3 Å². The third-order valence-corrected chi connectivity index (χ3v) is 20.0. The van der Waals surface area contributed by atoms with Crippen LogP contribution in [0.15, 0.2) is 239 Å². The molecule has 8 aromatic carbocycles. The molecule has 4 aliphatic heterocycles. The number of Topliss-reactive ketones (excluding diaryl/α,β-unsaturated/α-hetero) is 4. The van der Waals surface area contributed by atoms with E-state index >= 15 is 9.59 Å². The molecule has 0 aromatic heterocycles. The van der Waals surface area contributed by atoms with Crippen LogP contribution in [0.25, 0.3) is 0 Å². The van der Waals surface area contributed by atoms with Crippen LogP contribution in [-0.4, -0.2) is 74.2 Å². The summed E-state index contributed by atoms with van der Waals surface area (Å²) in [5.41, 5.74) is -0.754. The van der Waals surface area contributed by atoms with Crippen LogP contribution in [0.5, 0.6) is 0 Å². The van der Waals surface area contributed by atoms with Crippen LogP contribution in [0, 0.1) is 45.3 Å². The minimum absolute atomic E-state index is 0. The highest BCUT2D eigenvalue weighted by atomic mass is 35.5. The molecular weight excluding hydrogens is 1700 g/mol. The molecule has 4 unspecified atom stereocenters. The van der Waals surface area contributed by atoms with Gasteiger partial charge in [-0.1, -0.05) is 80.2 Å². The number of nitrogens with zero attached hydrogens (tertiary/aromatic N) is 10. The van der Waals surface area contributed by atoms with Crippen molar-refractivity contribution in [2.24, 2.45) is 0 Å². The number of hydrogen-bond donors (Lipinski definition) is 2. The molecule has 2 N–H and O–H groups in total.